The van der Waals surface area contributed by atoms with Crippen LogP contribution in [-0.2, 0) is 9.53 Å². The molecular formula is C7H11F3O3. The van der Waals surface area contributed by atoms with E-state index in [1.165, 1.54) is 6.92 Å². The first-order chi connectivity index (χ1) is 5.73. The van der Waals surface area contributed by atoms with Gasteiger partial charge in [-0.1, -0.05) is 0 Å². The quantitative estimate of drug-likeness (QED) is 0.752. The lowest BCUT2D eigenvalue weighted by molar-refractivity contribution is -0.271. The molecule has 13 heavy (non-hydrogen) atoms. The molecule has 0 rings (SSSR count). The number of rotatable bonds is 4. The van der Waals surface area contributed by atoms with Gasteiger partial charge in [-0.15, -0.1) is 0 Å². The van der Waals surface area contributed by atoms with Crippen molar-refractivity contribution in [1.29, 1.82) is 0 Å². The number of ether oxygens (including phenoxy) is 1. The van der Waals surface area contributed by atoms with E-state index < -0.39 is 24.2 Å². The zero-order chi connectivity index (χ0) is 10.7. The van der Waals surface area contributed by atoms with Gasteiger partial charge in [-0.3, -0.25) is 4.79 Å². The summed E-state index contributed by atoms with van der Waals surface area (Å²) in [6.07, 6.45) is -5.74. The van der Waals surface area contributed by atoms with E-state index in [-0.39, 0.29) is 6.61 Å². The third-order valence-corrected chi connectivity index (χ3v) is 1.55. The molecule has 0 aromatic rings. The third kappa shape index (κ3) is 3.22. The van der Waals surface area contributed by atoms with Crippen molar-refractivity contribution in [2.24, 2.45) is 0 Å². The Morgan fingerprint density at radius 3 is 2.15 bits per heavy atom. The third-order valence-electron chi connectivity index (χ3n) is 1.55. The van der Waals surface area contributed by atoms with Crippen molar-refractivity contribution in [2.45, 2.75) is 32.0 Å². The average Bonchev–Trinajstić information content (AvgIpc) is 1.82. The molecule has 78 valence electrons. The fraction of sp³-hybridized carbons (Fsp3) is 0.857. The van der Waals surface area contributed by atoms with Crippen molar-refractivity contribution in [3.05, 3.63) is 0 Å². The Hall–Kier alpha value is -0.780. The summed E-state index contributed by atoms with van der Waals surface area (Å²) in [4.78, 5) is 10.2. The van der Waals surface area contributed by atoms with Crippen LogP contribution in [0.5, 0.6) is 0 Å². The molecule has 0 spiro atoms. The topological polar surface area (TPSA) is 46.5 Å². The smallest absolute Gasteiger partial charge is 0.417 e. The van der Waals surface area contributed by atoms with Gasteiger partial charge in [-0.2, -0.15) is 13.2 Å². The normalized spacial score (nSPS) is 16.7. The molecule has 1 atom stereocenters. The van der Waals surface area contributed by atoms with Crippen LogP contribution >= 0.6 is 0 Å². The predicted molar refractivity (Wildman–Crippen MR) is 38.3 cm³/mol. The Bertz CT molecular complexity index is 190. The maximum atomic E-state index is 12.3. The predicted octanol–water partition coefficient (Wildman–Crippen LogP) is 1.82. The number of alkyl halides is 3. The molecule has 0 saturated heterocycles. The van der Waals surface area contributed by atoms with Crippen LogP contribution in [-0.4, -0.2) is 29.5 Å². The summed E-state index contributed by atoms with van der Waals surface area (Å²) in [6, 6.07) is 0. The summed E-state index contributed by atoms with van der Waals surface area (Å²) in [7, 11) is 0. The van der Waals surface area contributed by atoms with Crippen molar-refractivity contribution in [2.75, 3.05) is 6.61 Å². The Balaban J connectivity index is 4.62. The van der Waals surface area contributed by atoms with Gasteiger partial charge in [0.25, 0.3) is 0 Å². The molecule has 0 saturated carbocycles. The van der Waals surface area contributed by atoms with Crippen LogP contribution in [0.25, 0.3) is 0 Å². The summed E-state index contributed by atoms with van der Waals surface area (Å²) in [5.41, 5.74) is -2.59. The first-order valence-electron chi connectivity index (χ1n) is 3.65. The number of hydrogen-bond donors (Lipinski definition) is 1. The van der Waals surface area contributed by atoms with E-state index in [2.05, 4.69) is 4.74 Å². The lowest BCUT2D eigenvalue weighted by Crippen LogP contribution is -2.46. The van der Waals surface area contributed by atoms with E-state index in [1.54, 1.807) is 0 Å². The monoisotopic (exact) mass is 200 g/mol. The second-order valence-corrected chi connectivity index (χ2v) is 2.73. The molecule has 0 radical (unpaired) electrons. The van der Waals surface area contributed by atoms with Gasteiger partial charge in [0.15, 0.2) is 5.60 Å². The maximum absolute atomic E-state index is 12.3. The van der Waals surface area contributed by atoms with E-state index in [1.807, 2.05) is 0 Å². The highest BCUT2D eigenvalue weighted by atomic mass is 19.4. The van der Waals surface area contributed by atoms with Gasteiger partial charge < -0.3 is 9.84 Å². The van der Waals surface area contributed by atoms with E-state index in [9.17, 15) is 18.0 Å². The molecule has 0 fully saturated rings. The number of hydrogen-bond acceptors (Lipinski definition) is 2. The molecule has 0 heterocycles. The van der Waals surface area contributed by atoms with Gasteiger partial charge in [0.05, 0.1) is 6.42 Å². The number of carbonyl (C=O) groups is 1. The fourth-order valence-corrected chi connectivity index (χ4v) is 0.840. The molecule has 0 aromatic carbocycles. The molecule has 0 bridgehead atoms. The molecule has 1 N–H and O–H groups in total. The molecule has 0 aromatic heterocycles. The van der Waals surface area contributed by atoms with Gasteiger partial charge in [0, 0.05) is 6.61 Å². The van der Waals surface area contributed by atoms with Crippen LogP contribution < -0.4 is 0 Å². The minimum absolute atomic E-state index is 0.177. The van der Waals surface area contributed by atoms with Gasteiger partial charge in [-0.05, 0) is 13.8 Å². The molecular weight excluding hydrogens is 189 g/mol. The molecule has 0 aliphatic carbocycles. The standard InChI is InChI=1S/C7H11F3O3/c1-3-13-6(2,4-5(11)12)7(8,9)10/h3-4H2,1-2H3,(H,11,12). The average molecular weight is 200 g/mol. The van der Waals surface area contributed by atoms with Crippen LogP contribution in [0.15, 0.2) is 0 Å². The van der Waals surface area contributed by atoms with Gasteiger partial charge in [0.1, 0.15) is 0 Å². The van der Waals surface area contributed by atoms with Crippen LogP contribution in [0.1, 0.15) is 20.3 Å². The second kappa shape index (κ2) is 3.95. The second-order valence-electron chi connectivity index (χ2n) is 2.73. The minimum Gasteiger partial charge on any atom is -0.481 e. The highest BCUT2D eigenvalue weighted by Crippen LogP contribution is 2.35. The Morgan fingerprint density at radius 2 is 1.92 bits per heavy atom. The van der Waals surface area contributed by atoms with Crippen molar-refractivity contribution >= 4 is 5.97 Å². The Morgan fingerprint density at radius 1 is 1.46 bits per heavy atom. The Labute approximate surface area is 73.5 Å². The van der Waals surface area contributed by atoms with Crippen LogP contribution in [0.4, 0.5) is 13.2 Å². The van der Waals surface area contributed by atoms with Crippen molar-refractivity contribution in [3.63, 3.8) is 0 Å². The molecule has 0 amide bonds. The zero-order valence-corrected chi connectivity index (χ0v) is 7.31. The van der Waals surface area contributed by atoms with Crippen LogP contribution in [0.2, 0.25) is 0 Å². The van der Waals surface area contributed by atoms with E-state index >= 15 is 0 Å². The van der Waals surface area contributed by atoms with Crippen LogP contribution in [0.3, 0.4) is 0 Å². The fourth-order valence-electron chi connectivity index (χ4n) is 0.840. The molecule has 6 heteroatoms. The highest BCUT2D eigenvalue weighted by Gasteiger charge is 2.53. The molecule has 0 aliphatic rings. The van der Waals surface area contributed by atoms with Gasteiger partial charge in [-0.25, -0.2) is 0 Å². The summed E-state index contributed by atoms with van der Waals surface area (Å²) in [5.74, 6) is -1.53. The highest BCUT2D eigenvalue weighted by molar-refractivity contribution is 5.68. The largest absolute Gasteiger partial charge is 0.481 e. The SMILES string of the molecule is CCOC(C)(CC(=O)O)C(F)(F)F. The van der Waals surface area contributed by atoms with Crippen molar-refractivity contribution < 1.29 is 27.8 Å². The number of carboxylic acids is 1. The Kier molecular flexibility index (Phi) is 3.71. The molecule has 3 nitrogen and oxygen atoms in total. The number of carboxylic acid groups (broad SMARTS) is 1. The zero-order valence-electron chi connectivity index (χ0n) is 7.31. The summed E-state index contributed by atoms with van der Waals surface area (Å²) >= 11 is 0. The van der Waals surface area contributed by atoms with E-state index in [0.29, 0.717) is 0 Å². The van der Waals surface area contributed by atoms with Crippen molar-refractivity contribution in [1.82, 2.24) is 0 Å². The first kappa shape index (κ1) is 12.2. The molecule has 0 aliphatic heterocycles. The summed E-state index contributed by atoms with van der Waals surface area (Å²) < 4.78 is 41.2. The van der Waals surface area contributed by atoms with Gasteiger partial charge >= 0.3 is 12.1 Å². The molecule has 1 unspecified atom stereocenters. The summed E-state index contributed by atoms with van der Waals surface area (Å²) in [5, 5.41) is 8.26. The van der Waals surface area contributed by atoms with Crippen LogP contribution in [0, 0.1) is 0 Å². The number of halogens is 3. The van der Waals surface area contributed by atoms with Crippen molar-refractivity contribution in [3.8, 4) is 0 Å². The summed E-state index contributed by atoms with van der Waals surface area (Å²) in [6.45, 7) is 1.93. The first-order valence-corrected chi connectivity index (χ1v) is 3.65. The lowest BCUT2D eigenvalue weighted by atomic mass is 10.0. The van der Waals surface area contributed by atoms with E-state index in [4.69, 9.17) is 5.11 Å². The van der Waals surface area contributed by atoms with E-state index in [0.717, 1.165) is 6.92 Å². The lowest BCUT2D eigenvalue weighted by Gasteiger charge is -2.30. The minimum atomic E-state index is -4.67. The van der Waals surface area contributed by atoms with Gasteiger partial charge in [0.2, 0.25) is 0 Å². The number of aliphatic carboxylic acids is 1. The maximum Gasteiger partial charge on any atom is 0.417 e.